The largest absolute Gasteiger partial charge is 0.367 e. The van der Waals surface area contributed by atoms with Gasteiger partial charge in [0.25, 0.3) is 11.6 Å². The number of nitro benzene ring substituents is 1. The highest BCUT2D eigenvalue weighted by Gasteiger charge is 2.25. The molecule has 0 aromatic heterocycles. The molecule has 1 aliphatic rings. The van der Waals surface area contributed by atoms with Crippen molar-refractivity contribution in [1.82, 2.24) is 10.4 Å². The van der Waals surface area contributed by atoms with Crippen molar-refractivity contribution >= 4 is 40.6 Å². The molecule has 2 aromatic rings. The summed E-state index contributed by atoms with van der Waals surface area (Å²) in [5.41, 5.74) is 2.27. The SMILES string of the molecule is O=C(NO)c1cc([N+](=O)[O-])ccc1N1CCN(C(=O)Nc2cccc(Cl)c2)CC1. The van der Waals surface area contributed by atoms with E-state index in [2.05, 4.69) is 5.32 Å². The van der Waals surface area contributed by atoms with Gasteiger partial charge in [-0.25, -0.2) is 10.3 Å². The van der Waals surface area contributed by atoms with Crippen LogP contribution in [0.4, 0.5) is 21.9 Å². The molecule has 11 heteroatoms. The van der Waals surface area contributed by atoms with Crippen molar-refractivity contribution in [3.05, 3.63) is 63.2 Å². The average Bonchev–Trinajstić information content (AvgIpc) is 2.72. The molecular formula is C18H18ClN5O5. The van der Waals surface area contributed by atoms with E-state index in [4.69, 9.17) is 16.8 Å². The number of non-ortho nitro benzene ring substituents is 1. The number of carbonyl (C=O) groups excluding carboxylic acids is 2. The Kier molecular flexibility index (Phi) is 6.15. The van der Waals surface area contributed by atoms with Crippen LogP contribution in [0.2, 0.25) is 5.02 Å². The summed E-state index contributed by atoms with van der Waals surface area (Å²) < 4.78 is 0. The van der Waals surface area contributed by atoms with Gasteiger partial charge in [-0.2, -0.15) is 0 Å². The van der Waals surface area contributed by atoms with Crippen molar-refractivity contribution in [2.75, 3.05) is 36.4 Å². The normalized spacial score (nSPS) is 13.7. The van der Waals surface area contributed by atoms with Crippen molar-refractivity contribution in [1.29, 1.82) is 0 Å². The van der Waals surface area contributed by atoms with Crippen LogP contribution in [0.25, 0.3) is 0 Å². The highest BCUT2D eigenvalue weighted by atomic mass is 35.5. The molecule has 1 saturated heterocycles. The lowest BCUT2D eigenvalue weighted by Gasteiger charge is -2.36. The zero-order chi connectivity index (χ0) is 21.0. The third kappa shape index (κ3) is 4.73. The number of nitrogens with one attached hydrogen (secondary N) is 2. The molecule has 1 heterocycles. The van der Waals surface area contributed by atoms with Gasteiger partial charge in [0, 0.05) is 49.0 Å². The summed E-state index contributed by atoms with van der Waals surface area (Å²) in [6.07, 6.45) is 0. The van der Waals surface area contributed by atoms with Crippen molar-refractivity contribution < 1.29 is 19.7 Å². The Hall–Kier alpha value is -3.37. The minimum atomic E-state index is -0.843. The van der Waals surface area contributed by atoms with E-state index in [0.717, 1.165) is 6.07 Å². The predicted octanol–water partition coefficient (Wildman–Crippen LogP) is 2.72. The molecule has 3 amide bonds. The molecule has 1 aliphatic heterocycles. The third-order valence-corrected chi connectivity index (χ3v) is 4.76. The molecule has 0 unspecified atom stereocenters. The number of carbonyl (C=O) groups is 2. The molecule has 3 rings (SSSR count). The first kappa shape index (κ1) is 20.4. The van der Waals surface area contributed by atoms with Crippen molar-refractivity contribution in [2.24, 2.45) is 0 Å². The highest BCUT2D eigenvalue weighted by Crippen LogP contribution is 2.27. The molecule has 0 atom stereocenters. The highest BCUT2D eigenvalue weighted by molar-refractivity contribution is 6.30. The zero-order valence-corrected chi connectivity index (χ0v) is 15.9. The Morgan fingerprint density at radius 3 is 2.45 bits per heavy atom. The van der Waals surface area contributed by atoms with E-state index < -0.39 is 10.8 Å². The monoisotopic (exact) mass is 419 g/mol. The van der Waals surface area contributed by atoms with Crippen molar-refractivity contribution in [3.63, 3.8) is 0 Å². The quantitative estimate of drug-likeness (QED) is 0.397. The lowest BCUT2D eigenvalue weighted by Crippen LogP contribution is -2.50. The van der Waals surface area contributed by atoms with E-state index >= 15 is 0 Å². The Morgan fingerprint density at radius 1 is 1.10 bits per heavy atom. The number of nitro groups is 1. The summed E-state index contributed by atoms with van der Waals surface area (Å²) >= 11 is 5.92. The van der Waals surface area contributed by atoms with Crippen LogP contribution in [0.3, 0.4) is 0 Å². The maximum Gasteiger partial charge on any atom is 0.321 e. The average molecular weight is 420 g/mol. The van der Waals surface area contributed by atoms with Crippen LogP contribution in [0.5, 0.6) is 0 Å². The first-order valence-corrected chi connectivity index (χ1v) is 9.06. The second kappa shape index (κ2) is 8.76. The van der Waals surface area contributed by atoms with Crippen LogP contribution < -0.4 is 15.7 Å². The molecule has 3 N–H and O–H groups in total. The molecule has 0 radical (unpaired) electrons. The topological polar surface area (TPSA) is 128 Å². The summed E-state index contributed by atoms with van der Waals surface area (Å²) in [5.74, 6) is -0.843. The van der Waals surface area contributed by atoms with Gasteiger partial charge in [0.15, 0.2) is 0 Å². The van der Waals surface area contributed by atoms with Crippen LogP contribution in [-0.2, 0) is 0 Å². The van der Waals surface area contributed by atoms with Gasteiger partial charge in [-0.05, 0) is 24.3 Å². The van der Waals surface area contributed by atoms with E-state index in [9.17, 15) is 19.7 Å². The van der Waals surface area contributed by atoms with E-state index in [1.54, 1.807) is 29.2 Å². The van der Waals surface area contributed by atoms with Crippen LogP contribution in [0.15, 0.2) is 42.5 Å². The Bertz CT molecular complexity index is 946. The fraction of sp³-hybridized carbons (Fsp3) is 0.222. The second-order valence-corrected chi connectivity index (χ2v) is 6.75. The van der Waals surface area contributed by atoms with E-state index in [0.29, 0.717) is 42.6 Å². The molecule has 0 bridgehead atoms. The van der Waals surface area contributed by atoms with E-state index in [1.807, 2.05) is 4.90 Å². The number of hydroxylamine groups is 1. The molecule has 0 saturated carbocycles. The minimum absolute atomic E-state index is 0.0153. The summed E-state index contributed by atoms with van der Waals surface area (Å²) in [4.78, 5) is 38.2. The molecule has 2 aromatic carbocycles. The fourth-order valence-corrected chi connectivity index (χ4v) is 3.26. The molecule has 29 heavy (non-hydrogen) atoms. The first-order chi connectivity index (χ1) is 13.9. The van der Waals surface area contributed by atoms with Gasteiger partial charge >= 0.3 is 6.03 Å². The standard InChI is InChI=1S/C18H18ClN5O5/c19-12-2-1-3-13(10-12)20-18(26)23-8-6-22(7-9-23)16-5-4-14(24(28)29)11-15(16)17(25)21-27/h1-5,10-11,27H,6-9H2,(H,20,26)(H,21,25). The van der Waals surface area contributed by atoms with E-state index in [1.165, 1.54) is 17.6 Å². The number of rotatable bonds is 4. The van der Waals surface area contributed by atoms with Crippen LogP contribution in [-0.4, -0.2) is 53.1 Å². The number of halogens is 1. The van der Waals surface area contributed by atoms with Gasteiger partial charge in [0.2, 0.25) is 0 Å². The predicted molar refractivity (Wildman–Crippen MR) is 107 cm³/mol. The summed E-state index contributed by atoms with van der Waals surface area (Å²) in [6, 6.07) is 10.4. The van der Waals surface area contributed by atoms with Crippen LogP contribution >= 0.6 is 11.6 Å². The lowest BCUT2D eigenvalue weighted by atomic mass is 10.1. The summed E-state index contributed by atoms with van der Waals surface area (Å²) in [6.45, 7) is 1.58. The molecule has 152 valence electrons. The number of urea groups is 1. The number of anilines is 2. The van der Waals surface area contributed by atoms with Gasteiger partial charge in [-0.15, -0.1) is 0 Å². The number of amides is 3. The van der Waals surface area contributed by atoms with E-state index in [-0.39, 0.29) is 17.3 Å². The Labute approximate surface area is 170 Å². The molecule has 0 spiro atoms. The van der Waals surface area contributed by atoms with Gasteiger partial charge in [0.1, 0.15) is 0 Å². The maximum atomic E-state index is 12.4. The number of benzene rings is 2. The first-order valence-electron chi connectivity index (χ1n) is 8.68. The second-order valence-electron chi connectivity index (χ2n) is 6.31. The summed E-state index contributed by atoms with van der Waals surface area (Å²) in [7, 11) is 0. The van der Waals surface area contributed by atoms with Gasteiger partial charge in [0.05, 0.1) is 16.2 Å². The fourth-order valence-electron chi connectivity index (χ4n) is 3.07. The van der Waals surface area contributed by atoms with Crippen LogP contribution in [0.1, 0.15) is 10.4 Å². The molecule has 10 nitrogen and oxygen atoms in total. The number of hydrogen-bond acceptors (Lipinski definition) is 6. The van der Waals surface area contributed by atoms with Gasteiger partial charge in [-0.1, -0.05) is 17.7 Å². The number of nitrogens with zero attached hydrogens (tertiary/aromatic N) is 3. The smallest absolute Gasteiger partial charge is 0.321 e. The maximum absolute atomic E-state index is 12.4. The van der Waals surface area contributed by atoms with Crippen molar-refractivity contribution in [2.45, 2.75) is 0 Å². The lowest BCUT2D eigenvalue weighted by molar-refractivity contribution is -0.384. The number of hydrogen-bond donors (Lipinski definition) is 3. The number of piperazine rings is 1. The molecule has 0 aliphatic carbocycles. The third-order valence-electron chi connectivity index (χ3n) is 4.52. The van der Waals surface area contributed by atoms with Crippen molar-refractivity contribution in [3.8, 4) is 0 Å². The Morgan fingerprint density at radius 2 is 1.83 bits per heavy atom. The minimum Gasteiger partial charge on any atom is -0.367 e. The molecule has 1 fully saturated rings. The summed E-state index contributed by atoms with van der Waals surface area (Å²) in [5, 5.41) is 23.2. The molecular weight excluding hydrogens is 402 g/mol. The zero-order valence-electron chi connectivity index (χ0n) is 15.2. The van der Waals surface area contributed by atoms with Gasteiger partial charge < -0.3 is 15.1 Å². The van der Waals surface area contributed by atoms with Crippen LogP contribution in [0, 0.1) is 10.1 Å². The van der Waals surface area contributed by atoms with Gasteiger partial charge in [-0.3, -0.25) is 20.1 Å². The Balaban J connectivity index is 1.69.